The SMILES string of the molecule is COC(=O)[C@@H](Cc1ccccc1C#N)NC(=O)CNC(=O)OCc1ccccc1. The lowest BCUT2D eigenvalue weighted by molar-refractivity contribution is -0.144. The lowest BCUT2D eigenvalue weighted by Gasteiger charge is -2.17. The fourth-order valence-corrected chi connectivity index (χ4v) is 2.53. The van der Waals surface area contributed by atoms with Gasteiger partial charge in [0.1, 0.15) is 19.2 Å². The van der Waals surface area contributed by atoms with Gasteiger partial charge in [-0.3, -0.25) is 4.79 Å². The van der Waals surface area contributed by atoms with Crippen LogP contribution in [-0.4, -0.2) is 37.7 Å². The summed E-state index contributed by atoms with van der Waals surface area (Å²) in [5.74, 6) is -1.25. The monoisotopic (exact) mass is 395 g/mol. The average molecular weight is 395 g/mol. The van der Waals surface area contributed by atoms with Crippen LogP contribution in [0.5, 0.6) is 0 Å². The highest BCUT2D eigenvalue weighted by atomic mass is 16.5. The van der Waals surface area contributed by atoms with Gasteiger partial charge in [-0.1, -0.05) is 48.5 Å². The number of hydrogen-bond acceptors (Lipinski definition) is 6. The molecule has 2 aromatic carbocycles. The normalized spacial score (nSPS) is 10.9. The van der Waals surface area contributed by atoms with Crippen LogP contribution < -0.4 is 10.6 Å². The highest BCUT2D eigenvalue weighted by Gasteiger charge is 2.23. The smallest absolute Gasteiger partial charge is 0.407 e. The van der Waals surface area contributed by atoms with Gasteiger partial charge in [-0.15, -0.1) is 0 Å². The van der Waals surface area contributed by atoms with Crippen molar-refractivity contribution in [1.29, 1.82) is 5.26 Å². The summed E-state index contributed by atoms with van der Waals surface area (Å²) >= 11 is 0. The zero-order chi connectivity index (χ0) is 21.1. The first-order valence-corrected chi connectivity index (χ1v) is 8.83. The summed E-state index contributed by atoms with van der Waals surface area (Å²) in [6.07, 6.45) is -0.672. The minimum Gasteiger partial charge on any atom is -0.467 e. The Kier molecular flexibility index (Phi) is 8.20. The Hall–Kier alpha value is -3.86. The van der Waals surface area contributed by atoms with Crippen molar-refractivity contribution < 1.29 is 23.9 Å². The molecule has 29 heavy (non-hydrogen) atoms. The van der Waals surface area contributed by atoms with Crippen LogP contribution in [0.1, 0.15) is 16.7 Å². The van der Waals surface area contributed by atoms with E-state index in [1.807, 2.05) is 24.3 Å². The fourth-order valence-electron chi connectivity index (χ4n) is 2.53. The van der Waals surface area contributed by atoms with E-state index < -0.39 is 24.0 Å². The first kappa shape index (κ1) is 21.4. The molecule has 2 N–H and O–H groups in total. The molecule has 2 rings (SSSR count). The zero-order valence-corrected chi connectivity index (χ0v) is 15.9. The molecule has 0 bridgehead atoms. The number of alkyl carbamates (subject to hydrolysis) is 1. The van der Waals surface area contributed by atoms with Crippen molar-refractivity contribution in [3.05, 3.63) is 71.3 Å². The molecule has 1 atom stereocenters. The lowest BCUT2D eigenvalue weighted by atomic mass is 10.0. The standard InChI is InChI=1S/C21H21N3O5/c1-28-20(26)18(11-16-9-5-6-10-17(16)12-22)24-19(25)13-23-21(27)29-14-15-7-3-2-4-8-15/h2-10,18H,11,13-14H2,1H3,(H,23,27)(H,24,25)/t18-/m1/s1. The maximum absolute atomic E-state index is 12.1. The molecule has 0 aromatic heterocycles. The summed E-state index contributed by atoms with van der Waals surface area (Å²) in [5, 5.41) is 14.0. The van der Waals surface area contributed by atoms with Crippen molar-refractivity contribution in [3.8, 4) is 6.07 Å². The molecule has 0 saturated carbocycles. The number of nitrogens with zero attached hydrogens (tertiary/aromatic N) is 1. The number of methoxy groups -OCH3 is 1. The van der Waals surface area contributed by atoms with Gasteiger partial charge in [-0.25, -0.2) is 9.59 Å². The van der Waals surface area contributed by atoms with E-state index >= 15 is 0 Å². The number of amides is 2. The van der Waals surface area contributed by atoms with Crippen molar-refractivity contribution in [2.75, 3.05) is 13.7 Å². The molecule has 2 amide bonds. The molecule has 8 nitrogen and oxygen atoms in total. The van der Waals surface area contributed by atoms with Crippen LogP contribution in [-0.2, 0) is 32.1 Å². The molecule has 0 aliphatic rings. The van der Waals surface area contributed by atoms with Crippen molar-refractivity contribution in [2.24, 2.45) is 0 Å². The first-order valence-electron chi connectivity index (χ1n) is 8.83. The topological polar surface area (TPSA) is 118 Å². The van der Waals surface area contributed by atoms with E-state index in [0.717, 1.165) is 5.56 Å². The van der Waals surface area contributed by atoms with Crippen LogP contribution in [0.3, 0.4) is 0 Å². The van der Waals surface area contributed by atoms with Gasteiger partial charge in [0.2, 0.25) is 5.91 Å². The van der Waals surface area contributed by atoms with Gasteiger partial charge in [-0.05, 0) is 17.2 Å². The number of rotatable bonds is 8. The fraction of sp³-hybridized carbons (Fsp3) is 0.238. The molecule has 0 aliphatic carbocycles. The third-order valence-electron chi connectivity index (χ3n) is 3.99. The van der Waals surface area contributed by atoms with E-state index in [4.69, 9.17) is 9.47 Å². The summed E-state index contributed by atoms with van der Waals surface area (Å²) in [7, 11) is 1.21. The molecular formula is C21H21N3O5. The van der Waals surface area contributed by atoms with Gasteiger partial charge >= 0.3 is 12.1 Å². The van der Waals surface area contributed by atoms with Crippen LogP contribution in [0.4, 0.5) is 4.79 Å². The second kappa shape index (κ2) is 11.1. The molecule has 8 heteroatoms. The van der Waals surface area contributed by atoms with E-state index in [9.17, 15) is 19.6 Å². The van der Waals surface area contributed by atoms with Crippen LogP contribution in [0.2, 0.25) is 0 Å². The number of esters is 1. The number of benzene rings is 2. The number of nitriles is 1. The van der Waals surface area contributed by atoms with E-state index in [1.54, 1.807) is 36.4 Å². The Balaban J connectivity index is 1.87. The van der Waals surface area contributed by atoms with E-state index in [0.29, 0.717) is 11.1 Å². The molecule has 2 aromatic rings. The Morgan fingerprint density at radius 1 is 1.07 bits per heavy atom. The van der Waals surface area contributed by atoms with E-state index in [-0.39, 0.29) is 19.6 Å². The second-order valence-electron chi connectivity index (χ2n) is 6.03. The van der Waals surface area contributed by atoms with Crippen molar-refractivity contribution in [1.82, 2.24) is 10.6 Å². The molecule has 0 heterocycles. The summed E-state index contributed by atoms with van der Waals surface area (Å²) in [6.45, 7) is -0.301. The van der Waals surface area contributed by atoms with Gasteiger partial charge in [-0.2, -0.15) is 5.26 Å². The summed E-state index contributed by atoms with van der Waals surface area (Å²) in [4.78, 5) is 35.9. The van der Waals surface area contributed by atoms with Crippen LogP contribution >= 0.6 is 0 Å². The number of carbonyl (C=O) groups is 3. The van der Waals surface area contributed by atoms with Crippen LogP contribution in [0, 0.1) is 11.3 Å². The second-order valence-corrected chi connectivity index (χ2v) is 6.03. The Labute approximate surface area is 168 Å². The highest BCUT2D eigenvalue weighted by Crippen LogP contribution is 2.11. The van der Waals surface area contributed by atoms with E-state index in [2.05, 4.69) is 10.6 Å². The maximum Gasteiger partial charge on any atom is 0.407 e. The zero-order valence-electron chi connectivity index (χ0n) is 15.9. The van der Waals surface area contributed by atoms with Crippen molar-refractivity contribution in [2.45, 2.75) is 19.1 Å². The van der Waals surface area contributed by atoms with Gasteiger partial charge in [0.25, 0.3) is 0 Å². The largest absolute Gasteiger partial charge is 0.467 e. The highest BCUT2D eigenvalue weighted by molar-refractivity contribution is 5.87. The molecular weight excluding hydrogens is 374 g/mol. The minimum absolute atomic E-state index is 0.0734. The predicted octanol–water partition coefficient (Wildman–Crippen LogP) is 1.68. The molecule has 0 spiro atoms. The Morgan fingerprint density at radius 2 is 1.76 bits per heavy atom. The van der Waals surface area contributed by atoms with Gasteiger partial charge in [0.15, 0.2) is 0 Å². The third-order valence-corrected chi connectivity index (χ3v) is 3.99. The summed E-state index contributed by atoms with van der Waals surface area (Å²) in [5.41, 5.74) is 1.81. The molecule has 0 radical (unpaired) electrons. The van der Waals surface area contributed by atoms with Crippen LogP contribution in [0.15, 0.2) is 54.6 Å². The first-order chi connectivity index (χ1) is 14.0. The molecule has 0 aliphatic heterocycles. The number of hydrogen-bond donors (Lipinski definition) is 2. The molecule has 0 unspecified atom stereocenters. The predicted molar refractivity (Wildman–Crippen MR) is 103 cm³/mol. The van der Waals surface area contributed by atoms with Crippen LogP contribution in [0.25, 0.3) is 0 Å². The molecule has 0 fully saturated rings. The average Bonchev–Trinajstić information content (AvgIpc) is 2.76. The Bertz CT molecular complexity index is 893. The molecule has 0 saturated heterocycles. The lowest BCUT2D eigenvalue weighted by Crippen LogP contribution is -2.47. The number of nitrogens with one attached hydrogen (secondary N) is 2. The maximum atomic E-state index is 12.1. The minimum atomic E-state index is -0.996. The van der Waals surface area contributed by atoms with Gasteiger partial charge in [0, 0.05) is 6.42 Å². The summed E-state index contributed by atoms with van der Waals surface area (Å²) in [6, 6.07) is 16.9. The third kappa shape index (κ3) is 6.99. The van der Waals surface area contributed by atoms with E-state index in [1.165, 1.54) is 7.11 Å². The number of ether oxygens (including phenoxy) is 2. The van der Waals surface area contributed by atoms with Gasteiger partial charge in [0.05, 0.1) is 18.7 Å². The van der Waals surface area contributed by atoms with Crippen molar-refractivity contribution in [3.63, 3.8) is 0 Å². The quantitative estimate of drug-likeness (QED) is 0.657. The van der Waals surface area contributed by atoms with Gasteiger partial charge < -0.3 is 20.1 Å². The number of carbonyl (C=O) groups excluding carboxylic acids is 3. The molecule has 150 valence electrons. The Morgan fingerprint density at radius 3 is 2.45 bits per heavy atom. The summed E-state index contributed by atoms with van der Waals surface area (Å²) < 4.78 is 9.74. The van der Waals surface area contributed by atoms with Crippen molar-refractivity contribution >= 4 is 18.0 Å².